The van der Waals surface area contributed by atoms with E-state index in [2.05, 4.69) is 5.32 Å². The molecule has 2 amide bonds. The number of methoxy groups -OCH3 is 1. The van der Waals surface area contributed by atoms with Gasteiger partial charge in [-0.25, -0.2) is 0 Å². The minimum Gasteiger partial charge on any atom is -0.380 e. The van der Waals surface area contributed by atoms with E-state index in [-0.39, 0.29) is 11.3 Å². The van der Waals surface area contributed by atoms with Crippen molar-refractivity contribution in [3.05, 3.63) is 65.2 Å². The van der Waals surface area contributed by atoms with Gasteiger partial charge in [0.2, 0.25) is 0 Å². The van der Waals surface area contributed by atoms with Crippen LogP contribution in [0.1, 0.15) is 26.3 Å². The predicted molar refractivity (Wildman–Crippen MR) is 89.9 cm³/mol. The van der Waals surface area contributed by atoms with E-state index in [1.54, 1.807) is 35.6 Å². The molecule has 0 fully saturated rings. The number of carbonyl (C=O) groups excluding carboxylic acids is 2. The van der Waals surface area contributed by atoms with E-state index in [9.17, 15) is 22.8 Å². The molecule has 5 nitrogen and oxygen atoms in total. The van der Waals surface area contributed by atoms with Crippen LogP contribution in [0.2, 0.25) is 0 Å². The van der Waals surface area contributed by atoms with Gasteiger partial charge in [-0.05, 0) is 29.8 Å². The van der Waals surface area contributed by atoms with Crippen molar-refractivity contribution in [3.8, 4) is 0 Å². The molecule has 0 aliphatic rings. The van der Waals surface area contributed by atoms with Crippen LogP contribution in [0.15, 0.2) is 48.5 Å². The first kappa shape index (κ1) is 19.5. The number of rotatable bonds is 6. The number of ether oxygens (including phenoxy) is 1. The number of para-hydroxylation sites is 1. The Balaban J connectivity index is 2.15. The molecule has 0 aromatic heterocycles. The summed E-state index contributed by atoms with van der Waals surface area (Å²) in [5.41, 5.74) is 1.19. The minimum absolute atomic E-state index is 0.0573. The summed E-state index contributed by atoms with van der Waals surface area (Å²) in [5, 5.41) is 4.34. The Hall–Kier alpha value is -2.87. The molecule has 26 heavy (non-hydrogen) atoms. The zero-order valence-electron chi connectivity index (χ0n) is 13.9. The van der Waals surface area contributed by atoms with Crippen LogP contribution in [0.25, 0.3) is 0 Å². The number of hydrogen-bond acceptors (Lipinski definition) is 3. The molecule has 2 aromatic rings. The van der Waals surface area contributed by atoms with E-state index >= 15 is 0 Å². The Morgan fingerprint density at radius 1 is 1.04 bits per heavy atom. The van der Waals surface area contributed by atoms with E-state index < -0.39 is 24.5 Å². The SMILES string of the molecule is COCc1cccc(C(=O)Nc2ccccc2C(=O)NCC(F)(F)F)c1. The fourth-order valence-electron chi connectivity index (χ4n) is 2.23. The summed E-state index contributed by atoms with van der Waals surface area (Å²) in [5.74, 6) is -1.41. The molecule has 0 saturated heterocycles. The molecule has 0 heterocycles. The van der Waals surface area contributed by atoms with E-state index in [0.717, 1.165) is 5.56 Å². The smallest absolute Gasteiger partial charge is 0.380 e. The number of amides is 2. The number of carbonyl (C=O) groups is 2. The highest BCUT2D eigenvalue weighted by Crippen LogP contribution is 2.18. The van der Waals surface area contributed by atoms with Crippen molar-refractivity contribution in [1.29, 1.82) is 0 Å². The summed E-state index contributed by atoms with van der Waals surface area (Å²) >= 11 is 0. The summed E-state index contributed by atoms with van der Waals surface area (Å²) in [6.07, 6.45) is -4.52. The molecule has 138 valence electrons. The van der Waals surface area contributed by atoms with Gasteiger partial charge in [0.1, 0.15) is 6.54 Å². The second kappa shape index (κ2) is 8.48. The lowest BCUT2D eigenvalue weighted by Crippen LogP contribution is -2.34. The third kappa shape index (κ3) is 5.59. The second-order valence-electron chi connectivity index (χ2n) is 5.43. The largest absolute Gasteiger partial charge is 0.405 e. The van der Waals surface area contributed by atoms with E-state index in [1.165, 1.54) is 25.3 Å². The average Bonchev–Trinajstić information content (AvgIpc) is 2.60. The standard InChI is InChI=1S/C18H17F3N2O3/c1-26-10-12-5-4-6-13(9-12)16(24)23-15-8-3-2-7-14(15)17(25)22-11-18(19,20)21/h2-9H,10-11H2,1H3,(H,22,25)(H,23,24). The van der Waals surface area contributed by atoms with Gasteiger partial charge in [0, 0.05) is 12.7 Å². The van der Waals surface area contributed by atoms with Gasteiger partial charge in [-0.1, -0.05) is 24.3 Å². The van der Waals surface area contributed by atoms with E-state index in [1.807, 2.05) is 0 Å². The van der Waals surface area contributed by atoms with E-state index in [4.69, 9.17) is 4.74 Å². The molecule has 2 N–H and O–H groups in total. The molecule has 2 aromatic carbocycles. The first-order chi connectivity index (χ1) is 12.3. The lowest BCUT2D eigenvalue weighted by atomic mass is 10.1. The first-order valence-corrected chi connectivity index (χ1v) is 7.63. The maximum Gasteiger partial charge on any atom is 0.405 e. The summed E-state index contributed by atoms with van der Waals surface area (Å²) in [6, 6.07) is 12.5. The summed E-state index contributed by atoms with van der Waals surface area (Å²) in [6.45, 7) is -1.12. The lowest BCUT2D eigenvalue weighted by molar-refractivity contribution is -0.123. The monoisotopic (exact) mass is 366 g/mol. The molecular formula is C18H17F3N2O3. The number of nitrogens with one attached hydrogen (secondary N) is 2. The normalized spacial score (nSPS) is 11.1. The first-order valence-electron chi connectivity index (χ1n) is 7.63. The molecule has 2 rings (SSSR count). The molecule has 0 atom stereocenters. The molecular weight excluding hydrogens is 349 g/mol. The highest BCUT2D eigenvalue weighted by atomic mass is 19.4. The predicted octanol–water partition coefficient (Wildman–Crippen LogP) is 3.38. The van der Waals surface area contributed by atoms with Crippen molar-refractivity contribution >= 4 is 17.5 Å². The zero-order chi connectivity index (χ0) is 19.2. The highest BCUT2D eigenvalue weighted by Gasteiger charge is 2.28. The number of benzene rings is 2. The van der Waals surface area contributed by atoms with Gasteiger partial charge in [-0.3, -0.25) is 9.59 Å². The topological polar surface area (TPSA) is 67.4 Å². The minimum atomic E-state index is -4.52. The molecule has 0 unspecified atom stereocenters. The summed E-state index contributed by atoms with van der Waals surface area (Å²) < 4.78 is 41.8. The Bertz CT molecular complexity index is 791. The van der Waals surface area contributed by atoms with Crippen molar-refractivity contribution in [2.24, 2.45) is 0 Å². The van der Waals surface area contributed by atoms with Crippen molar-refractivity contribution in [3.63, 3.8) is 0 Å². The molecule has 0 aliphatic heterocycles. The Morgan fingerprint density at radius 3 is 2.46 bits per heavy atom. The van der Waals surface area contributed by atoms with Crippen LogP contribution in [-0.4, -0.2) is 31.6 Å². The molecule has 0 spiro atoms. The fraction of sp³-hybridized carbons (Fsp3) is 0.222. The van der Waals surface area contributed by atoms with Crippen LogP contribution in [0.3, 0.4) is 0 Å². The number of halogens is 3. The number of alkyl halides is 3. The maximum atomic E-state index is 12.4. The quantitative estimate of drug-likeness (QED) is 0.824. The van der Waals surface area contributed by atoms with Crippen molar-refractivity contribution in [2.75, 3.05) is 19.0 Å². The molecule has 8 heteroatoms. The van der Waals surface area contributed by atoms with Crippen molar-refractivity contribution in [1.82, 2.24) is 5.32 Å². The van der Waals surface area contributed by atoms with Crippen molar-refractivity contribution < 1.29 is 27.5 Å². The third-order valence-electron chi connectivity index (χ3n) is 3.37. The van der Waals surface area contributed by atoms with Gasteiger partial charge in [-0.15, -0.1) is 0 Å². The van der Waals surface area contributed by atoms with E-state index in [0.29, 0.717) is 12.2 Å². The van der Waals surface area contributed by atoms with Crippen LogP contribution in [0.5, 0.6) is 0 Å². The molecule has 0 radical (unpaired) electrons. The van der Waals surface area contributed by atoms with Gasteiger partial charge in [0.25, 0.3) is 11.8 Å². The zero-order valence-corrected chi connectivity index (χ0v) is 13.9. The van der Waals surface area contributed by atoms with Gasteiger partial charge in [0.15, 0.2) is 0 Å². The Kier molecular flexibility index (Phi) is 6.35. The third-order valence-corrected chi connectivity index (χ3v) is 3.37. The van der Waals surface area contributed by atoms with Gasteiger partial charge in [0.05, 0.1) is 17.9 Å². The number of hydrogen-bond donors (Lipinski definition) is 2. The van der Waals surface area contributed by atoms with Gasteiger partial charge < -0.3 is 15.4 Å². The van der Waals surface area contributed by atoms with Crippen molar-refractivity contribution in [2.45, 2.75) is 12.8 Å². The lowest BCUT2D eigenvalue weighted by Gasteiger charge is -2.13. The van der Waals surface area contributed by atoms with Crippen LogP contribution < -0.4 is 10.6 Å². The number of anilines is 1. The molecule has 0 bridgehead atoms. The average molecular weight is 366 g/mol. The summed E-state index contributed by atoms with van der Waals surface area (Å²) in [7, 11) is 1.53. The fourth-order valence-corrected chi connectivity index (χ4v) is 2.23. The van der Waals surface area contributed by atoms with Crippen LogP contribution in [0, 0.1) is 0 Å². The Labute approximate surface area is 148 Å². The van der Waals surface area contributed by atoms with Crippen LogP contribution in [0.4, 0.5) is 18.9 Å². The van der Waals surface area contributed by atoms with Crippen LogP contribution in [-0.2, 0) is 11.3 Å². The van der Waals surface area contributed by atoms with Gasteiger partial charge in [-0.2, -0.15) is 13.2 Å². The second-order valence-corrected chi connectivity index (χ2v) is 5.43. The molecule has 0 saturated carbocycles. The van der Waals surface area contributed by atoms with Gasteiger partial charge >= 0.3 is 6.18 Å². The molecule has 0 aliphatic carbocycles. The Morgan fingerprint density at radius 2 is 1.77 bits per heavy atom. The maximum absolute atomic E-state index is 12.4. The highest BCUT2D eigenvalue weighted by molar-refractivity contribution is 6.09. The van der Waals surface area contributed by atoms with Crippen LogP contribution >= 0.6 is 0 Å². The summed E-state index contributed by atoms with van der Waals surface area (Å²) in [4.78, 5) is 24.4.